The highest BCUT2D eigenvalue weighted by atomic mass is 16.5. The van der Waals surface area contributed by atoms with Crippen LogP contribution < -0.4 is 4.90 Å². The normalized spacial score (nSPS) is 13.7. The number of amides is 1. The van der Waals surface area contributed by atoms with E-state index in [2.05, 4.69) is 5.16 Å². The monoisotopic (exact) mass is 258 g/mol. The molecule has 96 valence electrons. The molecule has 0 bridgehead atoms. The molecular weight excluding hydrogens is 248 g/mol. The van der Waals surface area contributed by atoms with E-state index in [1.54, 1.807) is 24.1 Å². The Kier molecular flexibility index (Phi) is 2.38. The van der Waals surface area contributed by atoms with Crippen molar-refractivity contribution < 1.29 is 19.2 Å². The summed E-state index contributed by atoms with van der Waals surface area (Å²) in [7, 11) is 1.71. The van der Waals surface area contributed by atoms with Gasteiger partial charge < -0.3 is 14.5 Å². The Morgan fingerprint density at radius 1 is 1.47 bits per heavy atom. The summed E-state index contributed by atoms with van der Waals surface area (Å²) in [5.41, 5.74) is 2.83. The average Bonchev–Trinajstić information content (AvgIpc) is 2.96. The highest BCUT2D eigenvalue weighted by molar-refractivity contribution is 6.03. The fourth-order valence-electron chi connectivity index (χ4n) is 2.22. The Morgan fingerprint density at radius 2 is 2.26 bits per heavy atom. The summed E-state index contributed by atoms with van der Waals surface area (Å²) in [5, 5.41) is 12.6. The zero-order valence-corrected chi connectivity index (χ0v) is 10.1. The first-order valence-corrected chi connectivity index (χ1v) is 5.67. The predicted octanol–water partition coefficient (Wildman–Crippen LogP) is 1.56. The number of carbonyl (C=O) groups is 2. The maximum absolute atomic E-state index is 11.7. The van der Waals surface area contributed by atoms with Crippen LogP contribution in [0.1, 0.15) is 16.1 Å². The molecule has 6 nitrogen and oxygen atoms in total. The number of carboxylic acid groups (broad SMARTS) is 1. The van der Waals surface area contributed by atoms with E-state index in [-0.39, 0.29) is 18.1 Å². The molecule has 2 aromatic rings. The Bertz CT molecular complexity index is 690. The van der Waals surface area contributed by atoms with Crippen molar-refractivity contribution in [3.8, 4) is 11.3 Å². The van der Waals surface area contributed by atoms with Gasteiger partial charge in [-0.1, -0.05) is 17.3 Å². The maximum Gasteiger partial charge on any atom is 0.374 e. The molecule has 0 saturated heterocycles. The van der Waals surface area contributed by atoms with Crippen molar-refractivity contribution in [2.45, 2.75) is 6.42 Å². The minimum absolute atomic E-state index is 0.00408. The third-order valence-corrected chi connectivity index (χ3v) is 3.21. The molecule has 0 fully saturated rings. The summed E-state index contributed by atoms with van der Waals surface area (Å²) in [6.07, 6.45) is 0.289. The van der Waals surface area contributed by atoms with E-state index in [0.29, 0.717) is 5.69 Å². The van der Waals surface area contributed by atoms with E-state index in [1.807, 2.05) is 6.07 Å². The van der Waals surface area contributed by atoms with Crippen molar-refractivity contribution in [3.63, 3.8) is 0 Å². The Morgan fingerprint density at radius 3 is 2.95 bits per heavy atom. The molecule has 1 N–H and O–H groups in total. The number of benzene rings is 1. The van der Waals surface area contributed by atoms with Crippen molar-refractivity contribution in [2.24, 2.45) is 0 Å². The van der Waals surface area contributed by atoms with Gasteiger partial charge in [0.25, 0.3) is 0 Å². The number of hydrogen-bond donors (Lipinski definition) is 1. The molecule has 1 amide bonds. The first kappa shape index (κ1) is 11.5. The SMILES string of the molecule is CN1C(=O)Cc2c(-c3cc(C(=O)O)on3)cccc21. The van der Waals surface area contributed by atoms with Crippen LogP contribution in [0.15, 0.2) is 28.8 Å². The lowest BCUT2D eigenvalue weighted by Gasteiger charge is -2.10. The van der Waals surface area contributed by atoms with Crippen molar-refractivity contribution in [1.82, 2.24) is 5.16 Å². The number of anilines is 1. The molecule has 2 heterocycles. The van der Waals surface area contributed by atoms with Crippen LogP contribution >= 0.6 is 0 Å². The van der Waals surface area contributed by atoms with Gasteiger partial charge in [0.05, 0.1) is 6.42 Å². The number of carbonyl (C=O) groups excluding carboxylic acids is 1. The van der Waals surface area contributed by atoms with Crippen LogP contribution in [0.3, 0.4) is 0 Å². The molecule has 0 unspecified atom stereocenters. The van der Waals surface area contributed by atoms with Crippen LogP contribution in [0.25, 0.3) is 11.3 Å². The van der Waals surface area contributed by atoms with Gasteiger partial charge in [0.2, 0.25) is 11.7 Å². The zero-order valence-electron chi connectivity index (χ0n) is 10.1. The number of carboxylic acids is 1. The van der Waals surface area contributed by atoms with E-state index in [9.17, 15) is 9.59 Å². The van der Waals surface area contributed by atoms with Crippen LogP contribution in [0.4, 0.5) is 5.69 Å². The molecule has 0 radical (unpaired) electrons. The van der Waals surface area contributed by atoms with Crippen molar-refractivity contribution in [2.75, 3.05) is 11.9 Å². The topological polar surface area (TPSA) is 83.6 Å². The minimum atomic E-state index is -1.17. The summed E-state index contributed by atoms with van der Waals surface area (Å²) < 4.78 is 4.75. The molecular formula is C13H10N2O4. The number of hydrogen-bond acceptors (Lipinski definition) is 4. The van der Waals surface area contributed by atoms with Gasteiger partial charge in [-0.05, 0) is 11.6 Å². The van der Waals surface area contributed by atoms with Crippen molar-refractivity contribution in [3.05, 3.63) is 35.6 Å². The van der Waals surface area contributed by atoms with Gasteiger partial charge in [0.1, 0.15) is 5.69 Å². The van der Waals surface area contributed by atoms with Gasteiger partial charge in [-0.3, -0.25) is 4.79 Å². The molecule has 0 aliphatic carbocycles. The Balaban J connectivity index is 2.12. The van der Waals surface area contributed by atoms with Crippen LogP contribution in [0, 0.1) is 0 Å². The first-order valence-electron chi connectivity index (χ1n) is 5.67. The van der Waals surface area contributed by atoms with E-state index in [1.165, 1.54) is 6.07 Å². The fraction of sp³-hybridized carbons (Fsp3) is 0.154. The molecule has 0 spiro atoms. The van der Waals surface area contributed by atoms with Gasteiger partial charge in [-0.15, -0.1) is 0 Å². The van der Waals surface area contributed by atoms with Gasteiger partial charge in [0.15, 0.2) is 0 Å². The lowest BCUT2D eigenvalue weighted by Crippen LogP contribution is -2.20. The van der Waals surface area contributed by atoms with Crippen molar-refractivity contribution in [1.29, 1.82) is 0 Å². The first-order chi connectivity index (χ1) is 9.08. The zero-order chi connectivity index (χ0) is 13.6. The van der Waals surface area contributed by atoms with Gasteiger partial charge in [-0.25, -0.2) is 4.79 Å². The second-order valence-corrected chi connectivity index (χ2v) is 4.31. The Hall–Kier alpha value is -2.63. The van der Waals surface area contributed by atoms with Gasteiger partial charge in [-0.2, -0.15) is 0 Å². The summed E-state index contributed by atoms with van der Waals surface area (Å²) in [5.74, 6) is -1.38. The largest absolute Gasteiger partial charge is 0.475 e. The lowest BCUT2D eigenvalue weighted by molar-refractivity contribution is -0.117. The molecule has 1 aliphatic rings. The number of aromatic nitrogens is 1. The van der Waals surface area contributed by atoms with E-state index < -0.39 is 5.97 Å². The number of fused-ring (bicyclic) bond motifs is 1. The van der Waals surface area contributed by atoms with Crippen LogP contribution in [0.2, 0.25) is 0 Å². The number of aromatic carboxylic acids is 1. The van der Waals surface area contributed by atoms with Crippen LogP contribution in [-0.4, -0.2) is 29.2 Å². The van der Waals surface area contributed by atoms with Gasteiger partial charge >= 0.3 is 5.97 Å². The number of rotatable bonds is 2. The second kappa shape index (κ2) is 3.94. The number of likely N-dealkylation sites (N-methyl/N-ethyl adjacent to an activating group) is 1. The highest BCUT2D eigenvalue weighted by Gasteiger charge is 2.27. The van der Waals surface area contributed by atoms with Crippen LogP contribution in [-0.2, 0) is 11.2 Å². The summed E-state index contributed by atoms with van der Waals surface area (Å²) in [6, 6.07) is 6.82. The lowest BCUT2D eigenvalue weighted by atomic mass is 10.0. The molecule has 1 aliphatic heterocycles. The second-order valence-electron chi connectivity index (χ2n) is 4.31. The summed E-state index contributed by atoms with van der Waals surface area (Å²) in [6.45, 7) is 0. The summed E-state index contributed by atoms with van der Waals surface area (Å²) in [4.78, 5) is 24.1. The minimum Gasteiger partial charge on any atom is -0.475 e. The van der Waals surface area contributed by atoms with E-state index >= 15 is 0 Å². The fourth-order valence-corrected chi connectivity index (χ4v) is 2.22. The quantitative estimate of drug-likeness (QED) is 0.883. The average molecular weight is 258 g/mol. The molecule has 1 aromatic heterocycles. The highest BCUT2D eigenvalue weighted by Crippen LogP contribution is 2.35. The van der Waals surface area contributed by atoms with E-state index in [4.69, 9.17) is 9.63 Å². The van der Waals surface area contributed by atoms with Crippen LogP contribution in [0.5, 0.6) is 0 Å². The third kappa shape index (κ3) is 1.69. The molecule has 6 heteroatoms. The Labute approximate surface area is 108 Å². The van der Waals surface area contributed by atoms with Gasteiger partial charge in [0, 0.05) is 24.4 Å². The predicted molar refractivity (Wildman–Crippen MR) is 66.0 cm³/mol. The smallest absolute Gasteiger partial charge is 0.374 e. The number of nitrogens with zero attached hydrogens (tertiary/aromatic N) is 2. The molecule has 19 heavy (non-hydrogen) atoms. The van der Waals surface area contributed by atoms with Crippen molar-refractivity contribution >= 4 is 17.6 Å². The maximum atomic E-state index is 11.7. The third-order valence-electron chi connectivity index (χ3n) is 3.21. The van der Waals surface area contributed by atoms with E-state index in [0.717, 1.165) is 16.8 Å². The molecule has 0 atom stereocenters. The summed E-state index contributed by atoms with van der Waals surface area (Å²) >= 11 is 0. The molecule has 0 saturated carbocycles. The molecule has 1 aromatic carbocycles. The molecule has 3 rings (SSSR count). The standard InChI is InChI=1S/C13H10N2O4/c1-15-10-4-2-3-7(8(10)5-12(15)16)9-6-11(13(17)18)19-14-9/h2-4,6H,5H2,1H3,(H,17,18).